The first kappa shape index (κ1) is 77.8. The molecule has 13 rings (SSSR count). The fourth-order valence-electron chi connectivity index (χ4n) is 13.1. The quantitative estimate of drug-likeness (QED) is 0.0499. The molecule has 0 unspecified atom stereocenters. The van der Waals surface area contributed by atoms with E-state index in [-0.39, 0.29) is 144 Å². The summed E-state index contributed by atoms with van der Waals surface area (Å²) in [6.45, 7) is 7.66. The molecule has 0 spiro atoms. The number of rotatable bonds is 13. The Balaban J connectivity index is 0.000000159. The van der Waals surface area contributed by atoms with Crippen molar-refractivity contribution < 1.29 is 119 Å². The number of primary amides is 3. The van der Waals surface area contributed by atoms with Gasteiger partial charge in [-0.25, -0.2) is 0 Å². The van der Waals surface area contributed by atoms with Crippen molar-refractivity contribution in [3.8, 4) is 57.5 Å². The number of ether oxygens (including phenoxy) is 1. The number of nitrogens with two attached hydrogens (primary N) is 3. The molecule has 0 bridgehead atoms. The van der Waals surface area contributed by atoms with E-state index < -0.39 is 116 Å². The molecular formula is C80H71N3O24. The molecule has 550 valence electrons. The Kier molecular flexibility index (Phi) is 21.9. The summed E-state index contributed by atoms with van der Waals surface area (Å²) in [5.41, 5.74) is 12.1. The van der Waals surface area contributed by atoms with E-state index in [4.69, 9.17) is 21.9 Å². The zero-order valence-corrected chi connectivity index (χ0v) is 58.0. The Morgan fingerprint density at radius 3 is 1.33 bits per heavy atom. The number of phenols is 9. The molecule has 0 fully saturated rings. The second-order valence-corrected chi connectivity index (χ2v) is 26.8. The average molecular weight is 1460 g/mol. The first-order chi connectivity index (χ1) is 50.1. The van der Waals surface area contributed by atoms with Crippen molar-refractivity contribution in [1.82, 2.24) is 0 Å². The maximum atomic E-state index is 13.0. The number of aryl methyl sites for hydroxylation is 1. The van der Waals surface area contributed by atoms with E-state index in [9.17, 15) is 114 Å². The number of amides is 3. The van der Waals surface area contributed by atoms with Crippen LogP contribution in [0.4, 0.5) is 0 Å². The summed E-state index contributed by atoms with van der Waals surface area (Å²) in [4.78, 5) is 133. The number of Topliss-reactive ketones (excluding diaryl/α,β-unsaturated/α-hetero) is 1. The van der Waals surface area contributed by atoms with Crippen molar-refractivity contribution in [3.05, 3.63) is 245 Å². The molecule has 27 nitrogen and oxygen atoms in total. The molecule has 0 radical (unpaired) electrons. The van der Waals surface area contributed by atoms with Crippen molar-refractivity contribution >= 4 is 74.8 Å². The minimum absolute atomic E-state index is 0.00199. The van der Waals surface area contributed by atoms with Gasteiger partial charge in [0.05, 0.1) is 82.1 Å². The third-order valence-electron chi connectivity index (χ3n) is 17.6. The van der Waals surface area contributed by atoms with Crippen LogP contribution in [-0.4, -0.2) is 149 Å². The molecule has 18 N–H and O–H groups in total. The standard InChI is InChI=1S/C20H19NO7.C19H17NO7.C19H17NO5.C11H8O3.C11H10O2/c1-20(27,8-13(21)23)7-9-6-11(22)15-16(17(9)24)18(25)10-4-3-5-12(28-2)14(10)19(15)26;1-19(27,7-12(20)23)6-8-5-11(22)14-15(16(8)24)17(25)9-3-2-4-10(21)13(9)18(14)26;1-19(25,9-15(20)22)8-10-5-6-11-13(7-10)17(23)12-3-2-4-14(21)16(12)18(11)24;1-6-4-10(13)9-5-7(12)2-3-8(9)11(6)14;1-7-4-8-2-3-9(12)6-10(8)11(13)5-7/h3-6,22,24,27H,7-8H2,1-2H3,(H2,21,23);2-5,21-22,24,27H,6-7H2,1H3,(H2,20,23);2-7,21,25H,8-9H2,1H3,(H2,20,22);2-5,12H,1H3;2-6,12-13H,1H3/t20-;2*19-;;/m111../s1. The number of carbonyl (C=O) groups excluding carboxylic acids is 11. The Hall–Kier alpha value is -13.4. The normalized spacial score (nSPS) is 14.5. The Bertz CT molecular complexity index is 5370. The average Bonchev–Trinajstić information content (AvgIpc) is 0.741. The second kappa shape index (κ2) is 30.1. The summed E-state index contributed by atoms with van der Waals surface area (Å²) in [5, 5.41) is 122. The zero-order valence-electron chi connectivity index (χ0n) is 58.0. The highest BCUT2D eigenvalue weighted by molar-refractivity contribution is 6.33. The lowest BCUT2D eigenvalue weighted by molar-refractivity contribution is -0.123. The van der Waals surface area contributed by atoms with Gasteiger partial charge >= 0.3 is 0 Å². The molecule has 3 amide bonds. The van der Waals surface area contributed by atoms with Crippen LogP contribution in [0.5, 0.6) is 57.5 Å². The minimum Gasteiger partial charge on any atom is -0.508 e. The second-order valence-electron chi connectivity index (χ2n) is 26.8. The molecule has 0 aliphatic heterocycles. The Labute approximate surface area is 607 Å². The number of benzene rings is 9. The third-order valence-corrected chi connectivity index (χ3v) is 17.6. The lowest BCUT2D eigenvalue weighted by Gasteiger charge is -2.25. The molecule has 4 aliphatic rings. The van der Waals surface area contributed by atoms with E-state index in [1.54, 1.807) is 37.3 Å². The van der Waals surface area contributed by atoms with Gasteiger partial charge in [0.15, 0.2) is 34.7 Å². The van der Waals surface area contributed by atoms with Crippen LogP contribution in [0, 0.1) is 6.92 Å². The topological polar surface area (TPSA) is 518 Å². The van der Waals surface area contributed by atoms with Crippen LogP contribution in [-0.2, 0) is 33.6 Å². The van der Waals surface area contributed by atoms with Crippen LogP contribution in [0.1, 0.15) is 185 Å². The van der Waals surface area contributed by atoms with Crippen molar-refractivity contribution in [2.45, 2.75) is 89.9 Å². The predicted molar refractivity (Wildman–Crippen MR) is 383 cm³/mol. The largest absolute Gasteiger partial charge is 0.508 e. The van der Waals surface area contributed by atoms with Crippen LogP contribution in [0.15, 0.2) is 145 Å². The summed E-state index contributed by atoms with van der Waals surface area (Å²) in [6.07, 6.45) is -0.174. The number of allylic oxidation sites excluding steroid dienone is 2. The van der Waals surface area contributed by atoms with Gasteiger partial charge in [-0.2, -0.15) is 0 Å². The van der Waals surface area contributed by atoms with Gasteiger partial charge in [0.25, 0.3) is 0 Å². The molecule has 0 aromatic heterocycles. The monoisotopic (exact) mass is 1460 g/mol. The molecule has 0 saturated heterocycles. The summed E-state index contributed by atoms with van der Waals surface area (Å²) in [5.74, 6) is -8.49. The van der Waals surface area contributed by atoms with E-state index in [0.29, 0.717) is 22.1 Å². The fourth-order valence-corrected chi connectivity index (χ4v) is 13.1. The molecule has 3 atom stereocenters. The molecule has 4 aliphatic carbocycles. The van der Waals surface area contributed by atoms with Gasteiger partial charge in [-0.3, -0.25) is 52.7 Å². The van der Waals surface area contributed by atoms with Crippen molar-refractivity contribution in [1.29, 1.82) is 0 Å². The maximum absolute atomic E-state index is 13.0. The van der Waals surface area contributed by atoms with Crippen LogP contribution >= 0.6 is 0 Å². The van der Waals surface area contributed by atoms with Gasteiger partial charge in [-0.15, -0.1) is 0 Å². The summed E-state index contributed by atoms with van der Waals surface area (Å²) >= 11 is 0. The first-order valence-corrected chi connectivity index (χ1v) is 32.5. The van der Waals surface area contributed by atoms with Gasteiger partial charge in [0, 0.05) is 80.3 Å². The van der Waals surface area contributed by atoms with Gasteiger partial charge in [-0.1, -0.05) is 60.7 Å². The summed E-state index contributed by atoms with van der Waals surface area (Å²) in [7, 11) is 1.35. The van der Waals surface area contributed by atoms with Crippen molar-refractivity contribution in [2.75, 3.05) is 7.11 Å². The zero-order chi connectivity index (χ0) is 79.0. The fraction of sp³-hybridized carbons (Fsp3) is 0.188. The lowest BCUT2D eigenvalue weighted by Crippen LogP contribution is -2.33. The van der Waals surface area contributed by atoms with Crippen molar-refractivity contribution in [2.24, 2.45) is 17.2 Å². The molecule has 9 aromatic carbocycles. The van der Waals surface area contributed by atoms with Gasteiger partial charge in [0.1, 0.15) is 57.5 Å². The number of hydrogen-bond acceptors (Lipinski definition) is 24. The number of methoxy groups -OCH3 is 1. The van der Waals surface area contributed by atoms with E-state index in [0.717, 1.165) is 23.1 Å². The molecule has 9 aromatic rings. The molecule has 107 heavy (non-hydrogen) atoms. The van der Waals surface area contributed by atoms with E-state index in [1.165, 1.54) is 119 Å². The molecular weight excluding hydrogens is 1390 g/mol. The number of ketones is 8. The number of fused-ring (bicyclic) bond motifs is 8. The van der Waals surface area contributed by atoms with Gasteiger partial charge < -0.3 is 83.2 Å². The Morgan fingerprint density at radius 2 is 0.813 bits per heavy atom. The Morgan fingerprint density at radius 1 is 0.383 bits per heavy atom. The summed E-state index contributed by atoms with van der Waals surface area (Å²) in [6, 6.07) is 32.4. The SMILES string of the molecule is CC1=CC(=O)c2cc(O)ccc2C1=O.COc1cccc2c1C(=O)c1c(O)cc(C[C@@](C)(O)CC(N)=O)c(O)c1C2=O.C[C@](O)(CC(N)=O)Cc1cc(O)c2c(c1O)C(=O)c1cccc(O)c1C2=O.C[C@](O)(CC(N)=O)Cc1ccc2c(c1)C(=O)c1cccc(O)c1C2=O.Cc1cc(O)c2cc(O)ccc2c1. The summed E-state index contributed by atoms with van der Waals surface area (Å²) < 4.78 is 5.15. The highest BCUT2D eigenvalue weighted by Crippen LogP contribution is 2.46. The third kappa shape index (κ3) is 16.4. The molecule has 27 heteroatoms. The van der Waals surface area contributed by atoms with Crippen molar-refractivity contribution in [3.63, 3.8) is 0 Å². The van der Waals surface area contributed by atoms with Gasteiger partial charge in [-0.05, 0) is 130 Å². The van der Waals surface area contributed by atoms with Crippen LogP contribution in [0.3, 0.4) is 0 Å². The smallest absolute Gasteiger partial charge is 0.220 e. The van der Waals surface area contributed by atoms with E-state index in [2.05, 4.69) is 0 Å². The number of aromatic hydroxyl groups is 9. The number of carbonyl (C=O) groups is 11. The number of aliphatic hydroxyl groups is 3. The first-order valence-electron chi connectivity index (χ1n) is 32.5. The predicted octanol–water partition coefficient (Wildman–Crippen LogP) is 7.41. The highest BCUT2D eigenvalue weighted by Gasteiger charge is 2.41. The lowest BCUT2D eigenvalue weighted by atomic mass is 9.80. The van der Waals surface area contributed by atoms with E-state index >= 15 is 0 Å². The number of phenolic OH excluding ortho intramolecular Hbond substituents is 9. The molecule has 0 saturated carbocycles. The van der Waals surface area contributed by atoms with E-state index in [1.807, 2.05) is 13.0 Å². The van der Waals surface area contributed by atoms with Crippen LogP contribution in [0.25, 0.3) is 10.8 Å². The maximum Gasteiger partial charge on any atom is 0.220 e. The highest BCUT2D eigenvalue weighted by atomic mass is 16.5. The van der Waals surface area contributed by atoms with Gasteiger partial charge in [0.2, 0.25) is 29.3 Å². The van der Waals surface area contributed by atoms with Crippen LogP contribution < -0.4 is 21.9 Å². The van der Waals surface area contributed by atoms with Crippen LogP contribution in [0.2, 0.25) is 0 Å². The number of hydrogen-bond donors (Lipinski definition) is 15. The minimum atomic E-state index is -1.64. The molecule has 0 heterocycles.